The molecular weight excluding hydrogens is 190 g/mol. The average molecular weight is 209 g/mol. The summed E-state index contributed by atoms with van der Waals surface area (Å²) in [5.74, 6) is 0.333. The normalized spacial score (nSPS) is 23.6. The highest BCUT2D eigenvalue weighted by molar-refractivity contribution is 5.07. The Balaban J connectivity index is 2.16. The first-order valence-electron chi connectivity index (χ1n) is 5.62. The van der Waals surface area contributed by atoms with E-state index in [0.717, 1.165) is 25.2 Å². The molecule has 0 amide bonds. The van der Waals surface area contributed by atoms with Crippen LogP contribution >= 0.6 is 0 Å². The molecule has 1 saturated heterocycles. The number of nitrogens with zero attached hydrogens (tertiary/aromatic N) is 2. The fourth-order valence-electron chi connectivity index (χ4n) is 2.18. The van der Waals surface area contributed by atoms with Gasteiger partial charge in [0.05, 0.1) is 11.8 Å². The number of aliphatic hydroxyl groups is 1. The Morgan fingerprint density at radius 2 is 2.40 bits per heavy atom. The van der Waals surface area contributed by atoms with Gasteiger partial charge in [-0.15, -0.1) is 0 Å². The summed E-state index contributed by atoms with van der Waals surface area (Å²) in [4.78, 5) is 0. The average Bonchev–Trinajstić information content (AvgIpc) is 2.88. The van der Waals surface area contributed by atoms with Crippen molar-refractivity contribution >= 4 is 0 Å². The monoisotopic (exact) mass is 209 g/mol. The van der Waals surface area contributed by atoms with E-state index in [9.17, 15) is 5.11 Å². The lowest BCUT2D eigenvalue weighted by atomic mass is 9.99. The van der Waals surface area contributed by atoms with Gasteiger partial charge in [-0.25, -0.2) is 0 Å². The lowest BCUT2D eigenvalue weighted by Crippen LogP contribution is -2.20. The molecule has 2 heterocycles. The maximum Gasteiger partial charge on any atom is 0.0997 e. The molecule has 0 radical (unpaired) electrons. The Kier molecular flexibility index (Phi) is 3.07. The zero-order valence-corrected chi connectivity index (χ0v) is 9.35. The second kappa shape index (κ2) is 4.33. The molecule has 2 rings (SSSR count). The van der Waals surface area contributed by atoms with E-state index in [1.807, 2.05) is 10.7 Å². The smallest absolute Gasteiger partial charge is 0.0997 e. The van der Waals surface area contributed by atoms with E-state index < -0.39 is 0 Å². The molecule has 0 saturated carbocycles. The molecular formula is C11H19N3O. The summed E-state index contributed by atoms with van der Waals surface area (Å²) in [6, 6.07) is 2.22. The van der Waals surface area contributed by atoms with Crippen LogP contribution in [0.2, 0.25) is 0 Å². The fourth-order valence-corrected chi connectivity index (χ4v) is 2.18. The standard InChI is InChI=1S/C11H19N3O/c1-8(2)14-10(4-6-13-14)11(15)9-3-5-12-7-9/h4,6,8-9,11-12,15H,3,5,7H2,1-2H3. The van der Waals surface area contributed by atoms with E-state index in [2.05, 4.69) is 24.3 Å². The number of hydrogen-bond donors (Lipinski definition) is 2. The Morgan fingerprint density at radius 1 is 1.60 bits per heavy atom. The van der Waals surface area contributed by atoms with Gasteiger partial charge in [-0.2, -0.15) is 5.10 Å². The molecule has 4 nitrogen and oxygen atoms in total. The van der Waals surface area contributed by atoms with Crippen molar-refractivity contribution in [2.45, 2.75) is 32.4 Å². The number of aromatic nitrogens is 2. The molecule has 0 aliphatic carbocycles. The molecule has 1 aromatic rings. The predicted molar refractivity (Wildman–Crippen MR) is 58.5 cm³/mol. The third-order valence-electron chi connectivity index (χ3n) is 3.04. The predicted octanol–water partition coefficient (Wildman–Crippen LogP) is 1.11. The summed E-state index contributed by atoms with van der Waals surface area (Å²) in [5.41, 5.74) is 0.943. The molecule has 2 unspecified atom stereocenters. The minimum atomic E-state index is -0.384. The van der Waals surface area contributed by atoms with E-state index in [-0.39, 0.29) is 6.10 Å². The van der Waals surface area contributed by atoms with E-state index in [1.165, 1.54) is 0 Å². The SMILES string of the molecule is CC(C)n1nccc1C(O)C1CCNC1. The molecule has 0 spiro atoms. The van der Waals surface area contributed by atoms with Gasteiger partial charge >= 0.3 is 0 Å². The quantitative estimate of drug-likeness (QED) is 0.784. The van der Waals surface area contributed by atoms with Gasteiger partial charge in [-0.05, 0) is 32.9 Å². The highest BCUT2D eigenvalue weighted by Gasteiger charge is 2.26. The Bertz CT molecular complexity index is 315. The fraction of sp³-hybridized carbons (Fsp3) is 0.727. The molecule has 4 heteroatoms. The third-order valence-corrected chi connectivity index (χ3v) is 3.04. The van der Waals surface area contributed by atoms with Gasteiger partial charge in [0.25, 0.3) is 0 Å². The molecule has 1 aromatic heterocycles. The summed E-state index contributed by atoms with van der Waals surface area (Å²) in [5, 5.41) is 17.8. The van der Waals surface area contributed by atoms with Crippen LogP contribution in [0.25, 0.3) is 0 Å². The molecule has 1 aliphatic rings. The topological polar surface area (TPSA) is 50.1 Å². The number of aliphatic hydroxyl groups excluding tert-OH is 1. The van der Waals surface area contributed by atoms with E-state index in [4.69, 9.17) is 0 Å². The molecule has 0 aromatic carbocycles. The molecule has 2 N–H and O–H groups in total. The van der Waals surface area contributed by atoms with Crippen LogP contribution in [0.3, 0.4) is 0 Å². The summed E-state index contributed by atoms with van der Waals surface area (Å²) >= 11 is 0. The zero-order chi connectivity index (χ0) is 10.8. The first kappa shape index (κ1) is 10.6. The van der Waals surface area contributed by atoms with Crippen LogP contribution in [0.5, 0.6) is 0 Å². The summed E-state index contributed by atoms with van der Waals surface area (Å²) in [7, 11) is 0. The van der Waals surface area contributed by atoms with Crippen molar-refractivity contribution in [1.29, 1.82) is 0 Å². The Hall–Kier alpha value is -0.870. The van der Waals surface area contributed by atoms with Gasteiger partial charge in [-0.1, -0.05) is 0 Å². The summed E-state index contributed by atoms with van der Waals surface area (Å²) in [6.07, 6.45) is 2.43. The molecule has 1 aliphatic heterocycles. The lowest BCUT2D eigenvalue weighted by Gasteiger charge is -2.20. The minimum absolute atomic E-state index is 0.305. The molecule has 84 valence electrons. The van der Waals surface area contributed by atoms with Gasteiger partial charge in [0.2, 0.25) is 0 Å². The second-order valence-corrected chi connectivity index (χ2v) is 4.49. The minimum Gasteiger partial charge on any atom is -0.386 e. The number of nitrogens with one attached hydrogen (secondary N) is 1. The first-order valence-corrected chi connectivity index (χ1v) is 5.62. The van der Waals surface area contributed by atoms with Crippen molar-refractivity contribution in [2.24, 2.45) is 5.92 Å². The van der Waals surface area contributed by atoms with Crippen molar-refractivity contribution in [1.82, 2.24) is 15.1 Å². The summed E-state index contributed by atoms with van der Waals surface area (Å²) < 4.78 is 1.91. The van der Waals surface area contributed by atoms with E-state index >= 15 is 0 Å². The second-order valence-electron chi connectivity index (χ2n) is 4.49. The van der Waals surface area contributed by atoms with Crippen molar-refractivity contribution in [3.8, 4) is 0 Å². The highest BCUT2D eigenvalue weighted by atomic mass is 16.3. The molecule has 0 bridgehead atoms. The largest absolute Gasteiger partial charge is 0.386 e. The number of hydrogen-bond acceptors (Lipinski definition) is 3. The Morgan fingerprint density at radius 3 is 3.00 bits per heavy atom. The van der Waals surface area contributed by atoms with Gasteiger partial charge in [-0.3, -0.25) is 4.68 Å². The van der Waals surface area contributed by atoms with Gasteiger partial charge < -0.3 is 10.4 Å². The molecule has 2 atom stereocenters. The van der Waals surface area contributed by atoms with Crippen molar-refractivity contribution in [3.63, 3.8) is 0 Å². The number of rotatable bonds is 3. The Labute approximate surface area is 90.3 Å². The highest BCUT2D eigenvalue weighted by Crippen LogP contribution is 2.27. The van der Waals surface area contributed by atoms with Crippen LogP contribution in [-0.4, -0.2) is 28.0 Å². The van der Waals surface area contributed by atoms with Gasteiger partial charge in [0.1, 0.15) is 0 Å². The maximum absolute atomic E-state index is 10.2. The van der Waals surface area contributed by atoms with E-state index in [0.29, 0.717) is 12.0 Å². The van der Waals surface area contributed by atoms with Crippen molar-refractivity contribution < 1.29 is 5.11 Å². The molecule has 15 heavy (non-hydrogen) atoms. The van der Waals surface area contributed by atoms with Crippen LogP contribution in [0.1, 0.15) is 38.1 Å². The van der Waals surface area contributed by atoms with Crippen LogP contribution < -0.4 is 5.32 Å². The lowest BCUT2D eigenvalue weighted by molar-refractivity contribution is 0.107. The first-order chi connectivity index (χ1) is 7.20. The van der Waals surface area contributed by atoms with Crippen molar-refractivity contribution in [2.75, 3.05) is 13.1 Å². The van der Waals surface area contributed by atoms with Gasteiger partial charge in [0, 0.05) is 24.7 Å². The van der Waals surface area contributed by atoms with E-state index in [1.54, 1.807) is 6.20 Å². The molecule has 1 fully saturated rings. The maximum atomic E-state index is 10.2. The zero-order valence-electron chi connectivity index (χ0n) is 9.35. The van der Waals surface area contributed by atoms with Crippen LogP contribution in [0, 0.1) is 5.92 Å². The summed E-state index contributed by atoms with van der Waals surface area (Å²) in [6.45, 7) is 6.08. The van der Waals surface area contributed by atoms with Crippen LogP contribution in [0.4, 0.5) is 0 Å². The van der Waals surface area contributed by atoms with Gasteiger partial charge in [0.15, 0.2) is 0 Å². The van der Waals surface area contributed by atoms with Crippen molar-refractivity contribution in [3.05, 3.63) is 18.0 Å². The van der Waals surface area contributed by atoms with Crippen LogP contribution in [0.15, 0.2) is 12.3 Å². The van der Waals surface area contributed by atoms with Crippen LogP contribution in [-0.2, 0) is 0 Å². The third kappa shape index (κ3) is 2.06.